The first-order valence-electron chi connectivity index (χ1n) is 10.9. The number of ketones is 1. The minimum Gasteiger partial charge on any atom is -0.627 e. The highest BCUT2D eigenvalue weighted by atomic mass is 19.1. The third-order valence-corrected chi connectivity index (χ3v) is 7.11. The molecular formula is C24H28FN3O2. The minimum atomic E-state index is -0.316. The van der Waals surface area contributed by atoms with Gasteiger partial charge < -0.3 is 19.7 Å². The Morgan fingerprint density at radius 1 is 1.20 bits per heavy atom. The molecule has 2 aromatic carbocycles. The fourth-order valence-corrected chi connectivity index (χ4v) is 5.54. The molecule has 30 heavy (non-hydrogen) atoms. The minimum absolute atomic E-state index is 0.0744. The van der Waals surface area contributed by atoms with E-state index in [4.69, 9.17) is 0 Å². The summed E-state index contributed by atoms with van der Waals surface area (Å²) in [5.41, 5.74) is 4.00. The van der Waals surface area contributed by atoms with Crippen LogP contribution < -0.4 is 9.55 Å². The van der Waals surface area contributed by atoms with Gasteiger partial charge in [-0.25, -0.2) is 4.39 Å². The number of carbonyl (C=O) groups excluding carboxylic acids is 1. The molecule has 0 radical (unpaired) electrons. The molecule has 6 heteroatoms. The Kier molecular flexibility index (Phi) is 4.88. The summed E-state index contributed by atoms with van der Waals surface area (Å²) < 4.78 is 12.8. The Hall–Kier alpha value is -2.28. The second-order valence-corrected chi connectivity index (χ2v) is 9.03. The Morgan fingerprint density at radius 3 is 2.80 bits per heavy atom. The summed E-state index contributed by atoms with van der Waals surface area (Å²) in [6, 6.07) is 12.5. The third-order valence-electron chi connectivity index (χ3n) is 7.11. The number of carbonyl (C=O) groups is 1. The molecule has 3 aliphatic rings. The fraction of sp³-hybridized carbons (Fsp3) is 0.458. The van der Waals surface area contributed by atoms with Gasteiger partial charge in [-0.15, -0.1) is 0 Å². The molecule has 2 aromatic rings. The van der Waals surface area contributed by atoms with Crippen LogP contribution in [0.25, 0.3) is 0 Å². The lowest BCUT2D eigenvalue weighted by molar-refractivity contribution is 0.0971. The Bertz CT molecular complexity index is 959. The second-order valence-electron chi connectivity index (χ2n) is 9.03. The average molecular weight is 410 g/mol. The van der Waals surface area contributed by atoms with E-state index in [1.54, 1.807) is 19.2 Å². The summed E-state index contributed by atoms with van der Waals surface area (Å²) >= 11 is 0. The highest BCUT2D eigenvalue weighted by Gasteiger charge is 2.46. The van der Waals surface area contributed by atoms with E-state index in [2.05, 4.69) is 15.9 Å². The summed E-state index contributed by atoms with van der Waals surface area (Å²) in [5, 5.41) is 12.9. The lowest BCUT2D eigenvalue weighted by Gasteiger charge is -2.47. The number of Topliss-reactive ketones (excluding diaryl/α,β-unsaturated/α-hetero) is 1. The van der Waals surface area contributed by atoms with Crippen LogP contribution >= 0.6 is 0 Å². The number of nitrogens with zero attached hydrogens (tertiary/aromatic N) is 3. The zero-order chi connectivity index (χ0) is 20.9. The Labute approximate surface area is 176 Å². The number of halogens is 1. The summed E-state index contributed by atoms with van der Waals surface area (Å²) in [5.74, 6) is 0.188. The summed E-state index contributed by atoms with van der Waals surface area (Å²) in [6.07, 6.45) is 2.38. The third kappa shape index (κ3) is 3.33. The van der Waals surface area contributed by atoms with Crippen LogP contribution in [-0.2, 0) is 0 Å². The van der Waals surface area contributed by atoms with Gasteiger partial charge in [0.05, 0.1) is 13.6 Å². The van der Waals surface area contributed by atoms with Gasteiger partial charge in [-0.2, -0.15) is 0 Å². The lowest BCUT2D eigenvalue weighted by Crippen LogP contribution is -2.53. The molecular weight excluding hydrogens is 381 g/mol. The van der Waals surface area contributed by atoms with E-state index in [9.17, 15) is 14.4 Å². The van der Waals surface area contributed by atoms with E-state index in [-0.39, 0.29) is 16.2 Å². The van der Waals surface area contributed by atoms with Crippen molar-refractivity contribution in [3.05, 3.63) is 64.6 Å². The fourth-order valence-electron chi connectivity index (χ4n) is 5.54. The van der Waals surface area contributed by atoms with E-state index < -0.39 is 0 Å². The van der Waals surface area contributed by atoms with Crippen LogP contribution in [0.15, 0.2) is 42.5 Å². The maximum absolute atomic E-state index is 13.0. The second kappa shape index (κ2) is 7.45. The van der Waals surface area contributed by atoms with Crippen LogP contribution in [0.4, 0.5) is 15.8 Å². The molecule has 3 aliphatic heterocycles. The largest absolute Gasteiger partial charge is 0.627 e. The molecule has 0 aliphatic carbocycles. The van der Waals surface area contributed by atoms with Crippen LogP contribution in [0, 0.1) is 11.0 Å². The quantitative estimate of drug-likeness (QED) is 0.427. The van der Waals surface area contributed by atoms with Gasteiger partial charge in [0.1, 0.15) is 18.0 Å². The number of rotatable bonds is 5. The monoisotopic (exact) mass is 409 g/mol. The maximum Gasteiger partial charge on any atom is 0.162 e. The number of fused-ring (bicyclic) bond motifs is 3. The molecule has 1 fully saturated rings. The smallest absolute Gasteiger partial charge is 0.162 e. The predicted octanol–water partition coefficient (Wildman–Crippen LogP) is 3.92. The predicted molar refractivity (Wildman–Crippen MR) is 117 cm³/mol. The number of para-hydroxylation sites is 1. The number of benzene rings is 2. The number of anilines is 1. The first-order chi connectivity index (χ1) is 14.4. The van der Waals surface area contributed by atoms with E-state index in [0.29, 0.717) is 30.5 Å². The number of likely N-dealkylation sites (N-methyl/N-ethyl adjacent to an activating group) is 1. The van der Waals surface area contributed by atoms with Gasteiger partial charge in [0.25, 0.3) is 0 Å². The zero-order valence-electron chi connectivity index (χ0n) is 17.4. The molecule has 3 heterocycles. The van der Waals surface area contributed by atoms with Crippen LogP contribution in [-0.4, -0.2) is 56.5 Å². The van der Waals surface area contributed by atoms with Gasteiger partial charge in [0.2, 0.25) is 0 Å². The van der Waals surface area contributed by atoms with E-state index in [1.165, 1.54) is 23.4 Å². The van der Waals surface area contributed by atoms with E-state index >= 15 is 0 Å². The topological polar surface area (TPSA) is 46.6 Å². The molecule has 158 valence electrons. The standard InChI is InChI=1S/C24H28FN3O2/c1-28(30)15-14-27-21-11-13-26(16-20(21)19-4-2-5-22(28)24(19)27)12-3-6-23(29)17-7-9-18(25)10-8-17/h2,4-5,7-10,20-21H,3,6,11-16H2,1H3/t20-,21-,28?/m0/s1. The van der Waals surface area contributed by atoms with Crippen molar-refractivity contribution in [2.45, 2.75) is 31.2 Å². The molecule has 3 atom stereocenters. The molecule has 0 saturated carbocycles. The highest BCUT2D eigenvalue weighted by molar-refractivity contribution is 5.95. The van der Waals surface area contributed by atoms with Crippen molar-refractivity contribution < 1.29 is 9.18 Å². The first kappa shape index (κ1) is 19.7. The van der Waals surface area contributed by atoms with Crippen molar-refractivity contribution >= 4 is 17.2 Å². The molecule has 0 amide bonds. The highest BCUT2D eigenvalue weighted by Crippen LogP contribution is 2.51. The summed E-state index contributed by atoms with van der Waals surface area (Å²) in [6.45, 7) is 4.33. The van der Waals surface area contributed by atoms with Crippen molar-refractivity contribution in [2.24, 2.45) is 0 Å². The number of likely N-dealkylation sites (tertiary alicyclic amines) is 1. The van der Waals surface area contributed by atoms with E-state index in [1.807, 2.05) is 12.1 Å². The molecule has 5 nitrogen and oxygen atoms in total. The molecule has 0 aromatic heterocycles. The number of hydrogen-bond donors (Lipinski definition) is 0. The van der Waals surface area contributed by atoms with Gasteiger partial charge in [-0.3, -0.25) is 4.79 Å². The van der Waals surface area contributed by atoms with Crippen molar-refractivity contribution in [2.75, 3.05) is 44.7 Å². The Balaban J connectivity index is 1.24. The number of hydrogen-bond acceptors (Lipinski definition) is 4. The average Bonchev–Trinajstić information content (AvgIpc) is 3.05. The van der Waals surface area contributed by atoms with Crippen LogP contribution in [0.5, 0.6) is 0 Å². The molecule has 0 N–H and O–H groups in total. The van der Waals surface area contributed by atoms with Crippen molar-refractivity contribution in [1.29, 1.82) is 0 Å². The first-order valence-corrected chi connectivity index (χ1v) is 10.9. The normalized spacial score (nSPS) is 27.6. The molecule has 5 rings (SSSR count). The summed E-state index contributed by atoms with van der Waals surface area (Å²) in [4.78, 5) is 17.3. The maximum atomic E-state index is 13.0. The number of piperidine rings is 1. The van der Waals surface area contributed by atoms with Gasteiger partial charge >= 0.3 is 0 Å². The van der Waals surface area contributed by atoms with E-state index in [0.717, 1.165) is 44.7 Å². The van der Waals surface area contributed by atoms with Gasteiger partial charge in [-0.1, -0.05) is 12.1 Å². The number of hydroxylamine groups is 2. The lowest BCUT2D eigenvalue weighted by atomic mass is 9.89. The molecule has 1 saturated heterocycles. The van der Waals surface area contributed by atoms with Gasteiger partial charge in [0, 0.05) is 43.1 Å². The Morgan fingerprint density at radius 2 is 2.00 bits per heavy atom. The van der Waals surface area contributed by atoms with Crippen LogP contribution in [0.2, 0.25) is 0 Å². The number of quaternary nitrogens is 1. The molecule has 1 unspecified atom stereocenters. The van der Waals surface area contributed by atoms with Crippen molar-refractivity contribution in [3.63, 3.8) is 0 Å². The summed E-state index contributed by atoms with van der Waals surface area (Å²) in [7, 11) is 1.76. The van der Waals surface area contributed by atoms with Gasteiger partial charge in [0.15, 0.2) is 11.5 Å². The molecule has 0 spiro atoms. The van der Waals surface area contributed by atoms with Crippen LogP contribution in [0.3, 0.4) is 0 Å². The van der Waals surface area contributed by atoms with Crippen molar-refractivity contribution in [1.82, 2.24) is 9.55 Å². The molecule has 0 bridgehead atoms. The van der Waals surface area contributed by atoms with Crippen LogP contribution in [0.1, 0.15) is 41.1 Å². The zero-order valence-corrected chi connectivity index (χ0v) is 17.4. The SMILES string of the molecule is C[N+]1([O-])CCN2c3c(cccc31)[C@@H]1CN(CCCC(=O)c3ccc(F)cc3)CC[C@@H]12. The van der Waals surface area contributed by atoms with Gasteiger partial charge in [-0.05, 0) is 49.2 Å². The van der Waals surface area contributed by atoms with Crippen molar-refractivity contribution in [3.8, 4) is 0 Å².